The molecule has 1 heterocycles. The van der Waals surface area contributed by atoms with E-state index in [1.165, 1.54) is 42.3 Å². The van der Waals surface area contributed by atoms with Crippen LogP contribution < -0.4 is 15.1 Å². The van der Waals surface area contributed by atoms with E-state index in [1.807, 2.05) is 48.5 Å². The number of carbonyl (C=O) groups excluding carboxylic acids is 2. The Morgan fingerprint density at radius 1 is 0.966 bits per heavy atom. The minimum atomic E-state index is -0.211. The van der Waals surface area contributed by atoms with E-state index in [9.17, 15) is 9.59 Å². The SMILES string of the molecule is CC(=O)N(CC(=O)Nc1ccc(C(C)C)cc1)c1ccc(N2CCCCC2)cc1. The quantitative estimate of drug-likeness (QED) is 0.767. The molecule has 1 aliphatic rings. The van der Waals surface area contributed by atoms with Gasteiger partial charge in [0.25, 0.3) is 0 Å². The van der Waals surface area contributed by atoms with Gasteiger partial charge in [-0.3, -0.25) is 9.59 Å². The predicted octanol–water partition coefficient (Wildman–Crippen LogP) is 4.79. The highest BCUT2D eigenvalue weighted by Crippen LogP contribution is 2.24. The van der Waals surface area contributed by atoms with E-state index in [2.05, 4.69) is 24.1 Å². The van der Waals surface area contributed by atoms with Crippen molar-refractivity contribution >= 4 is 28.9 Å². The normalized spacial score (nSPS) is 14.0. The van der Waals surface area contributed by atoms with Crippen molar-refractivity contribution in [2.45, 2.75) is 46.0 Å². The lowest BCUT2D eigenvalue weighted by molar-refractivity contribution is -0.120. The van der Waals surface area contributed by atoms with Crippen LogP contribution in [0, 0.1) is 0 Å². The van der Waals surface area contributed by atoms with Gasteiger partial charge in [0.1, 0.15) is 6.54 Å². The average molecular weight is 394 g/mol. The highest BCUT2D eigenvalue weighted by atomic mass is 16.2. The second kappa shape index (κ2) is 9.59. The fraction of sp³-hybridized carbons (Fsp3) is 0.417. The minimum Gasteiger partial charge on any atom is -0.372 e. The summed E-state index contributed by atoms with van der Waals surface area (Å²) in [5.74, 6) is 0.0829. The first-order chi connectivity index (χ1) is 13.9. The van der Waals surface area contributed by atoms with Crippen LogP contribution >= 0.6 is 0 Å². The molecule has 1 saturated heterocycles. The number of amides is 2. The van der Waals surface area contributed by atoms with Crippen molar-refractivity contribution in [1.29, 1.82) is 0 Å². The molecule has 0 atom stereocenters. The Morgan fingerprint density at radius 2 is 1.59 bits per heavy atom. The van der Waals surface area contributed by atoms with Crippen molar-refractivity contribution in [3.8, 4) is 0 Å². The Balaban J connectivity index is 1.64. The summed E-state index contributed by atoms with van der Waals surface area (Å²) in [4.78, 5) is 28.6. The van der Waals surface area contributed by atoms with Crippen LogP contribution in [-0.2, 0) is 9.59 Å². The molecule has 0 radical (unpaired) electrons. The van der Waals surface area contributed by atoms with Crippen LogP contribution in [0.4, 0.5) is 17.1 Å². The fourth-order valence-electron chi connectivity index (χ4n) is 3.68. The van der Waals surface area contributed by atoms with Crippen molar-refractivity contribution < 1.29 is 9.59 Å². The smallest absolute Gasteiger partial charge is 0.244 e. The Hall–Kier alpha value is -2.82. The van der Waals surface area contributed by atoms with E-state index in [1.54, 1.807) is 0 Å². The Labute approximate surface area is 173 Å². The van der Waals surface area contributed by atoms with Gasteiger partial charge in [0.15, 0.2) is 0 Å². The fourth-order valence-corrected chi connectivity index (χ4v) is 3.68. The second-order valence-corrected chi connectivity index (χ2v) is 7.99. The number of anilines is 3. The molecule has 2 aromatic carbocycles. The van der Waals surface area contributed by atoms with Crippen LogP contribution in [0.2, 0.25) is 0 Å². The first-order valence-electron chi connectivity index (χ1n) is 10.5. The molecule has 2 aromatic rings. The highest BCUT2D eigenvalue weighted by molar-refractivity contribution is 6.01. The number of hydrogen-bond donors (Lipinski definition) is 1. The summed E-state index contributed by atoms with van der Waals surface area (Å²) in [5, 5.41) is 2.89. The zero-order valence-corrected chi connectivity index (χ0v) is 17.6. The van der Waals surface area contributed by atoms with Crippen molar-refractivity contribution in [1.82, 2.24) is 0 Å². The second-order valence-electron chi connectivity index (χ2n) is 7.99. The number of nitrogens with one attached hydrogen (secondary N) is 1. The monoisotopic (exact) mass is 393 g/mol. The van der Waals surface area contributed by atoms with Crippen LogP contribution in [0.5, 0.6) is 0 Å². The van der Waals surface area contributed by atoms with Gasteiger partial charge in [-0.25, -0.2) is 0 Å². The molecule has 0 unspecified atom stereocenters. The maximum Gasteiger partial charge on any atom is 0.244 e. The van der Waals surface area contributed by atoms with Gasteiger partial charge in [-0.2, -0.15) is 0 Å². The van der Waals surface area contributed by atoms with Crippen LogP contribution in [0.1, 0.15) is 51.5 Å². The predicted molar refractivity (Wildman–Crippen MR) is 120 cm³/mol. The third-order valence-corrected chi connectivity index (χ3v) is 5.43. The van der Waals surface area contributed by atoms with Gasteiger partial charge in [0.2, 0.25) is 11.8 Å². The van der Waals surface area contributed by atoms with Gasteiger partial charge in [-0.15, -0.1) is 0 Å². The minimum absolute atomic E-state index is 0.00960. The van der Waals surface area contributed by atoms with Gasteiger partial charge in [-0.1, -0.05) is 26.0 Å². The van der Waals surface area contributed by atoms with Crippen LogP contribution in [0.15, 0.2) is 48.5 Å². The first kappa shape index (κ1) is 20.9. The molecule has 2 amide bonds. The maximum absolute atomic E-state index is 12.5. The molecule has 0 aromatic heterocycles. The maximum atomic E-state index is 12.5. The van der Waals surface area contributed by atoms with E-state index in [4.69, 9.17) is 0 Å². The summed E-state index contributed by atoms with van der Waals surface area (Å²) >= 11 is 0. The molecule has 1 fully saturated rings. The third-order valence-electron chi connectivity index (χ3n) is 5.43. The average Bonchev–Trinajstić information content (AvgIpc) is 2.73. The zero-order chi connectivity index (χ0) is 20.8. The Bertz CT molecular complexity index is 822. The summed E-state index contributed by atoms with van der Waals surface area (Å²) in [6.45, 7) is 7.90. The molecular formula is C24H31N3O2. The summed E-state index contributed by atoms with van der Waals surface area (Å²) < 4.78 is 0. The largest absolute Gasteiger partial charge is 0.372 e. The zero-order valence-electron chi connectivity index (χ0n) is 17.6. The van der Waals surface area contributed by atoms with Gasteiger partial charge in [0.05, 0.1) is 0 Å². The molecule has 3 rings (SSSR count). The number of rotatable bonds is 6. The van der Waals surface area contributed by atoms with E-state index in [0.717, 1.165) is 24.5 Å². The summed E-state index contributed by atoms with van der Waals surface area (Å²) in [6, 6.07) is 15.8. The van der Waals surface area contributed by atoms with Crippen LogP contribution in [0.25, 0.3) is 0 Å². The molecule has 154 valence electrons. The molecule has 0 bridgehead atoms. The molecule has 0 aliphatic carbocycles. The molecular weight excluding hydrogens is 362 g/mol. The molecule has 1 N–H and O–H groups in total. The molecule has 0 saturated carbocycles. The van der Waals surface area contributed by atoms with Gasteiger partial charge in [0, 0.05) is 37.1 Å². The van der Waals surface area contributed by atoms with Crippen molar-refractivity contribution in [3.63, 3.8) is 0 Å². The molecule has 5 heteroatoms. The summed E-state index contributed by atoms with van der Waals surface area (Å²) in [7, 11) is 0. The Morgan fingerprint density at radius 3 is 2.14 bits per heavy atom. The Kier molecular flexibility index (Phi) is 6.91. The van der Waals surface area contributed by atoms with Crippen LogP contribution in [0.3, 0.4) is 0 Å². The lowest BCUT2D eigenvalue weighted by atomic mass is 10.0. The van der Waals surface area contributed by atoms with Crippen molar-refractivity contribution in [2.75, 3.05) is 34.8 Å². The number of carbonyl (C=O) groups is 2. The lowest BCUT2D eigenvalue weighted by Gasteiger charge is -2.29. The highest BCUT2D eigenvalue weighted by Gasteiger charge is 2.17. The third kappa shape index (κ3) is 5.59. The molecule has 5 nitrogen and oxygen atoms in total. The summed E-state index contributed by atoms with van der Waals surface area (Å²) in [6.07, 6.45) is 3.74. The summed E-state index contributed by atoms with van der Waals surface area (Å²) in [5.41, 5.74) is 3.88. The number of nitrogens with zero attached hydrogens (tertiary/aromatic N) is 2. The van der Waals surface area contributed by atoms with Crippen LogP contribution in [-0.4, -0.2) is 31.4 Å². The van der Waals surface area contributed by atoms with Crippen molar-refractivity contribution in [3.05, 3.63) is 54.1 Å². The number of hydrogen-bond acceptors (Lipinski definition) is 3. The topological polar surface area (TPSA) is 52.7 Å². The lowest BCUT2D eigenvalue weighted by Crippen LogP contribution is -2.36. The van der Waals surface area contributed by atoms with Gasteiger partial charge in [-0.05, 0) is 67.1 Å². The first-order valence-corrected chi connectivity index (χ1v) is 10.5. The van der Waals surface area contributed by atoms with E-state index in [0.29, 0.717) is 5.92 Å². The van der Waals surface area contributed by atoms with E-state index >= 15 is 0 Å². The van der Waals surface area contributed by atoms with Gasteiger partial charge >= 0.3 is 0 Å². The molecule has 29 heavy (non-hydrogen) atoms. The van der Waals surface area contributed by atoms with Gasteiger partial charge < -0.3 is 15.1 Å². The molecule has 0 spiro atoms. The standard InChI is InChI=1S/C24H31N3O2/c1-18(2)20-7-9-21(10-8-20)25-24(29)17-27(19(3)28)23-13-11-22(12-14-23)26-15-5-4-6-16-26/h7-14,18H,4-6,15-17H2,1-3H3,(H,25,29). The van der Waals surface area contributed by atoms with E-state index in [-0.39, 0.29) is 18.4 Å². The number of benzene rings is 2. The van der Waals surface area contributed by atoms with E-state index < -0.39 is 0 Å². The number of piperidine rings is 1. The molecule has 1 aliphatic heterocycles. The van der Waals surface area contributed by atoms with Crippen molar-refractivity contribution in [2.24, 2.45) is 0 Å².